The number of rotatable bonds is 6. The van der Waals surface area contributed by atoms with E-state index in [2.05, 4.69) is 45.1 Å². The minimum absolute atomic E-state index is 0.126. The molecule has 1 aromatic carbocycles. The van der Waals surface area contributed by atoms with Crippen LogP contribution in [0.15, 0.2) is 24.3 Å². The zero-order valence-electron chi connectivity index (χ0n) is 12.7. The number of ether oxygens (including phenoxy) is 1. The van der Waals surface area contributed by atoms with E-state index in [1.807, 2.05) is 12.1 Å². The molecule has 0 aliphatic heterocycles. The monoisotopic (exact) mass is 283 g/mol. The van der Waals surface area contributed by atoms with Gasteiger partial charge in [-0.25, -0.2) is 0 Å². The van der Waals surface area contributed by atoms with Crippen LogP contribution in [0.4, 0.5) is 0 Å². The summed E-state index contributed by atoms with van der Waals surface area (Å²) in [4.78, 5) is 0. The SMILES string of the molecule is COC(C)CC(CNC(C)(C)C)c1ccc(Cl)cc1. The summed E-state index contributed by atoms with van der Waals surface area (Å²) < 4.78 is 5.40. The highest BCUT2D eigenvalue weighted by Gasteiger charge is 2.18. The molecule has 0 fully saturated rings. The van der Waals surface area contributed by atoms with E-state index in [1.54, 1.807) is 7.11 Å². The highest BCUT2D eigenvalue weighted by molar-refractivity contribution is 6.30. The van der Waals surface area contributed by atoms with E-state index >= 15 is 0 Å². The first-order valence-corrected chi connectivity index (χ1v) is 7.23. The third kappa shape index (κ3) is 6.42. The fourth-order valence-electron chi connectivity index (χ4n) is 2.00. The minimum atomic E-state index is 0.126. The van der Waals surface area contributed by atoms with Gasteiger partial charge < -0.3 is 10.1 Å². The highest BCUT2D eigenvalue weighted by atomic mass is 35.5. The van der Waals surface area contributed by atoms with Crippen molar-refractivity contribution >= 4 is 11.6 Å². The summed E-state index contributed by atoms with van der Waals surface area (Å²) >= 11 is 5.96. The van der Waals surface area contributed by atoms with Gasteiger partial charge in [-0.05, 0) is 57.7 Å². The van der Waals surface area contributed by atoms with Gasteiger partial charge in [-0.2, -0.15) is 0 Å². The van der Waals surface area contributed by atoms with Crippen molar-refractivity contribution < 1.29 is 4.74 Å². The Morgan fingerprint density at radius 1 is 1.21 bits per heavy atom. The maximum Gasteiger partial charge on any atom is 0.0549 e. The van der Waals surface area contributed by atoms with Gasteiger partial charge in [0.1, 0.15) is 0 Å². The van der Waals surface area contributed by atoms with Crippen molar-refractivity contribution in [3.05, 3.63) is 34.9 Å². The highest BCUT2D eigenvalue weighted by Crippen LogP contribution is 2.24. The molecular formula is C16H26ClNO. The van der Waals surface area contributed by atoms with Gasteiger partial charge in [0, 0.05) is 24.2 Å². The van der Waals surface area contributed by atoms with Gasteiger partial charge in [-0.3, -0.25) is 0 Å². The lowest BCUT2D eigenvalue weighted by molar-refractivity contribution is 0.103. The van der Waals surface area contributed by atoms with Crippen LogP contribution in [0, 0.1) is 0 Å². The van der Waals surface area contributed by atoms with E-state index in [1.165, 1.54) is 5.56 Å². The molecule has 19 heavy (non-hydrogen) atoms. The fourth-order valence-corrected chi connectivity index (χ4v) is 2.12. The summed E-state index contributed by atoms with van der Waals surface area (Å²) in [6, 6.07) is 8.14. The van der Waals surface area contributed by atoms with Crippen LogP contribution in [0.5, 0.6) is 0 Å². The Bertz CT molecular complexity index is 369. The average Bonchev–Trinajstić information content (AvgIpc) is 2.34. The van der Waals surface area contributed by atoms with Crippen molar-refractivity contribution in [1.82, 2.24) is 5.32 Å². The third-order valence-corrected chi connectivity index (χ3v) is 3.49. The average molecular weight is 284 g/mol. The molecule has 2 unspecified atom stereocenters. The lowest BCUT2D eigenvalue weighted by Crippen LogP contribution is -2.39. The van der Waals surface area contributed by atoms with E-state index < -0.39 is 0 Å². The molecule has 0 bridgehead atoms. The van der Waals surface area contributed by atoms with Crippen LogP contribution >= 0.6 is 11.6 Å². The van der Waals surface area contributed by atoms with E-state index in [0.717, 1.165) is 18.0 Å². The second-order valence-corrected chi connectivity index (χ2v) is 6.60. The molecule has 1 rings (SSSR count). The second kappa shape index (κ2) is 7.28. The van der Waals surface area contributed by atoms with Crippen molar-refractivity contribution in [3.8, 4) is 0 Å². The first kappa shape index (κ1) is 16.5. The Morgan fingerprint density at radius 3 is 2.26 bits per heavy atom. The molecule has 0 amide bonds. The standard InChI is InChI=1S/C16H26ClNO/c1-12(19-5)10-14(11-18-16(2,3)4)13-6-8-15(17)9-7-13/h6-9,12,14,18H,10-11H2,1-5H3. The van der Waals surface area contributed by atoms with Crippen molar-refractivity contribution in [2.45, 2.75) is 51.7 Å². The molecule has 0 saturated carbocycles. The Balaban J connectivity index is 2.76. The Kier molecular flexibility index (Phi) is 6.31. The molecule has 108 valence electrons. The molecule has 2 nitrogen and oxygen atoms in total. The number of nitrogens with one attached hydrogen (secondary N) is 1. The summed E-state index contributed by atoms with van der Waals surface area (Å²) in [7, 11) is 1.76. The smallest absolute Gasteiger partial charge is 0.0549 e. The molecule has 0 spiro atoms. The van der Waals surface area contributed by atoms with Crippen LogP contribution in [0.25, 0.3) is 0 Å². The Morgan fingerprint density at radius 2 is 1.79 bits per heavy atom. The summed E-state index contributed by atoms with van der Waals surface area (Å²) in [5, 5.41) is 4.36. The zero-order chi connectivity index (χ0) is 14.5. The van der Waals surface area contributed by atoms with Gasteiger partial charge in [-0.15, -0.1) is 0 Å². The fraction of sp³-hybridized carbons (Fsp3) is 0.625. The summed E-state index contributed by atoms with van der Waals surface area (Å²) in [5.41, 5.74) is 1.44. The Labute approximate surface area is 122 Å². The van der Waals surface area contributed by atoms with E-state index in [4.69, 9.17) is 16.3 Å². The first-order chi connectivity index (χ1) is 8.81. The van der Waals surface area contributed by atoms with E-state index in [0.29, 0.717) is 5.92 Å². The number of hydrogen-bond donors (Lipinski definition) is 1. The molecule has 1 aromatic rings. The van der Waals surface area contributed by atoms with Crippen LogP contribution in [0.3, 0.4) is 0 Å². The van der Waals surface area contributed by atoms with Crippen LogP contribution < -0.4 is 5.32 Å². The second-order valence-electron chi connectivity index (χ2n) is 6.16. The van der Waals surface area contributed by atoms with Crippen LogP contribution in [-0.4, -0.2) is 25.3 Å². The van der Waals surface area contributed by atoms with Crippen molar-refractivity contribution in [2.75, 3.05) is 13.7 Å². The maximum absolute atomic E-state index is 5.96. The molecule has 0 heterocycles. The minimum Gasteiger partial charge on any atom is -0.382 e. The Hall–Kier alpha value is -0.570. The molecule has 0 radical (unpaired) electrons. The molecule has 0 saturated heterocycles. The predicted octanol–water partition coefficient (Wildman–Crippen LogP) is 4.24. The first-order valence-electron chi connectivity index (χ1n) is 6.85. The molecule has 2 atom stereocenters. The van der Waals surface area contributed by atoms with Crippen LogP contribution in [0.1, 0.15) is 45.6 Å². The number of halogens is 1. The van der Waals surface area contributed by atoms with Crippen molar-refractivity contribution in [1.29, 1.82) is 0 Å². The topological polar surface area (TPSA) is 21.3 Å². The van der Waals surface area contributed by atoms with Gasteiger partial charge in [0.05, 0.1) is 6.10 Å². The zero-order valence-corrected chi connectivity index (χ0v) is 13.4. The third-order valence-electron chi connectivity index (χ3n) is 3.24. The quantitative estimate of drug-likeness (QED) is 0.843. The van der Waals surface area contributed by atoms with Gasteiger partial charge >= 0.3 is 0 Å². The molecule has 1 N–H and O–H groups in total. The van der Waals surface area contributed by atoms with Gasteiger partial charge in [0.25, 0.3) is 0 Å². The van der Waals surface area contributed by atoms with Gasteiger partial charge in [0.15, 0.2) is 0 Å². The van der Waals surface area contributed by atoms with E-state index in [-0.39, 0.29) is 11.6 Å². The summed E-state index contributed by atoms with van der Waals surface area (Å²) in [6.45, 7) is 9.61. The lowest BCUT2D eigenvalue weighted by atomic mass is 9.92. The number of hydrogen-bond acceptors (Lipinski definition) is 2. The van der Waals surface area contributed by atoms with Crippen molar-refractivity contribution in [3.63, 3.8) is 0 Å². The van der Waals surface area contributed by atoms with Crippen molar-refractivity contribution in [2.24, 2.45) is 0 Å². The summed E-state index contributed by atoms with van der Waals surface area (Å²) in [5.74, 6) is 0.437. The predicted molar refractivity (Wildman–Crippen MR) is 83.0 cm³/mol. The lowest BCUT2D eigenvalue weighted by Gasteiger charge is -2.27. The molecule has 0 aliphatic rings. The van der Waals surface area contributed by atoms with Gasteiger partial charge in [-0.1, -0.05) is 23.7 Å². The normalized spacial score (nSPS) is 15.3. The molecular weight excluding hydrogens is 258 g/mol. The molecule has 0 aliphatic carbocycles. The molecule has 3 heteroatoms. The maximum atomic E-state index is 5.96. The van der Waals surface area contributed by atoms with E-state index in [9.17, 15) is 0 Å². The van der Waals surface area contributed by atoms with Gasteiger partial charge in [0.2, 0.25) is 0 Å². The number of benzene rings is 1. The largest absolute Gasteiger partial charge is 0.382 e. The molecule has 0 aromatic heterocycles. The van der Waals surface area contributed by atoms with Crippen LogP contribution in [0.2, 0.25) is 5.02 Å². The summed E-state index contributed by atoms with van der Waals surface area (Å²) in [6.07, 6.45) is 1.25. The van der Waals surface area contributed by atoms with Crippen LogP contribution in [-0.2, 0) is 4.74 Å². The number of methoxy groups -OCH3 is 1.